The second-order valence-electron chi connectivity index (χ2n) is 7.13. The Morgan fingerprint density at radius 2 is 1.96 bits per heavy atom. The van der Waals surface area contributed by atoms with Crippen LogP contribution in [0.25, 0.3) is 0 Å². The summed E-state index contributed by atoms with van der Waals surface area (Å²) in [7, 11) is 3.76. The number of nitrogens with zero attached hydrogens (tertiary/aromatic N) is 3. The third-order valence-electron chi connectivity index (χ3n) is 5.51. The second kappa shape index (κ2) is 5.95. The zero-order valence-corrected chi connectivity index (χ0v) is 14.4. The predicted octanol–water partition coefficient (Wildman–Crippen LogP) is 2.03. The van der Waals surface area contributed by atoms with Crippen LogP contribution < -0.4 is 0 Å². The first-order valence-corrected chi connectivity index (χ1v) is 8.32. The van der Waals surface area contributed by atoms with E-state index in [-0.39, 0.29) is 17.9 Å². The SMILES string of the molecule is Cc1ccc(C(=O)N(C)[C@H]2C[C@H]3CC(=O)N(C)C[C@H]3C2)c(C)n1. The Kier molecular flexibility index (Phi) is 4.13. The van der Waals surface area contributed by atoms with Gasteiger partial charge in [0, 0.05) is 38.8 Å². The first-order chi connectivity index (χ1) is 10.9. The minimum atomic E-state index is 0.0401. The quantitative estimate of drug-likeness (QED) is 0.839. The molecule has 0 unspecified atom stereocenters. The molecule has 3 atom stereocenters. The molecule has 3 rings (SSSR count). The van der Waals surface area contributed by atoms with E-state index in [1.165, 1.54) is 0 Å². The summed E-state index contributed by atoms with van der Waals surface area (Å²) in [4.78, 5) is 32.8. The summed E-state index contributed by atoms with van der Waals surface area (Å²) in [6.45, 7) is 4.64. The van der Waals surface area contributed by atoms with Crippen LogP contribution in [0.4, 0.5) is 0 Å². The molecule has 1 aliphatic heterocycles. The Labute approximate surface area is 137 Å². The number of fused-ring (bicyclic) bond motifs is 1. The van der Waals surface area contributed by atoms with Gasteiger partial charge in [-0.3, -0.25) is 14.6 Å². The number of carbonyl (C=O) groups excluding carboxylic acids is 2. The molecule has 1 aromatic heterocycles. The van der Waals surface area contributed by atoms with E-state index >= 15 is 0 Å². The zero-order valence-electron chi connectivity index (χ0n) is 14.4. The fourth-order valence-corrected chi connectivity index (χ4v) is 4.07. The molecular weight excluding hydrogens is 290 g/mol. The molecule has 5 nitrogen and oxygen atoms in total. The van der Waals surface area contributed by atoms with Crippen molar-refractivity contribution in [1.82, 2.24) is 14.8 Å². The average Bonchev–Trinajstić information content (AvgIpc) is 2.89. The summed E-state index contributed by atoms with van der Waals surface area (Å²) in [5.41, 5.74) is 2.39. The molecule has 0 N–H and O–H groups in total. The number of piperidine rings is 1. The minimum Gasteiger partial charge on any atom is -0.345 e. The average molecular weight is 315 g/mol. The first kappa shape index (κ1) is 16.0. The van der Waals surface area contributed by atoms with Gasteiger partial charge in [-0.25, -0.2) is 0 Å². The van der Waals surface area contributed by atoms with E-state index in [4.69, 9.17) is 0 Å². The van der Waals surface area contributed by atoms with Gasteiger partial charge in [0.1, 0.15) is 0 Å². The van der Waals surface area contributed by atoms with Gasteiger partial charge in [-0.2, -0.15) is 0 Å². The molecule has 2 heterocycles. The minimum absolute atomic E-state index is 0.0401. The van der Waals surface area contributed by atoms with Gasteiger partial charge in [0.15, 0.2) is 0 Å². The lowest BCUT2D eigenvalue weighted by atomic mass is 9.88. The molecule has 124 valence electrons. The first-order valence-electron chi connectivity index (χ1n) is 8.32. The summed E-state index contributed by atoms with van der Waals surface area (Å²) in [5.74, 6) is 1.23. The number of rotatable bonds is 2. The standard InChI is InChI=1S/C18H25N3O2/c1-11-5-6-16(12(2)19-11)18(23)21(4)15-7-13-9-17(22)20(3)10-14(13)8-15/h5-6,13-15H,7-10H2,1-4H3/t13-,14+,15-/m0/s1. The van der Waals surface area contributed by atoms with Crippen molar-refractivity contribution in [2.45, 2.75) is 39.2 Å². The van der Waals surface area contributed by atoms with Crippen molar-refractivity contribution in [2.24, 2.45) is 11.8 Å². The largest absolute Gasteiger partial charge is 0.345 e. The van der Waals surface area contributed by atoms with Crippen molar-refractivity contribution in [1.29, 1.82) is 0 Å². The Morgan fingerprint density at radius 1 is 1.26 bits per heavy atom. The third kappa shape index (κ3) is 2.96. The Bertz CT molecular complexity index is 643. The summed E-state index contributed by atoms with van der Waals surface area (Å²) in [6.07, 6.45) is 2.55. The van der Waals surface area contributed by atoms with E-state index in [2.05, 4.69) is 4.98 Å². The number of carbonyl (C=O) groups is 2. The van der Waals surface area contributed by atoms with E-state index in [0.29, 0.717) is 23.8 Å². The lowest BCUT2D eigenvalue weighted by Crippen LogP contribution is -2.40. The summed E-state index contributed by atoms with van der Waals surface area (Å²) < 4.78 is 0. The maximum Gasteiger partial charge on any atom is 0.255 e. The number of hydrogen-bond donors (Lipinski definition) is 0. The van der Waals surface area contributed by atoms with Gasteiger partial charge < -0.3 is 9.80 Å². The van der Waals surface area contributed by atoms with Crippen molar-refractivity contribution >= 4 is 11.8 Å². The molecule has 5 heteroatoms. The lowest BCUT2D eigenvalue weighted by molar-refractivity contribution is -0.134. The highest BCUT2D eigenvalue weighted by molar-refractivity contribution is 5.95. The maximum absolute atomic E-state index is 12.8. The number of aryl methyl sites for hydroxylation is 2. The molecule has 0 spiro atoms. The zero-order chi connectivity index (χ0) is 16.7. The Hall–Kier alpha value is -1.91. The lowest BCUT2D eigenvalue weighted by Gasteiger charge is -2.31. The molecule has 2 aliphatic rings. The van der Waals surface area contributed by atoms with Gasteiger partial charge >= 0.3 is 0 Å². The number of amides is 2. The Morgan fingerprint density at radius 3 is 2.65 bits per heavy atom. The molecule has 0 radical (unpaired) electrons. The number of likely N-dealkylation sites (tertiary alicyclic amines) is 1. The predicted molar refractivity (Wildman–Crippen MR) is 88.1 cm³/mol. The highest BCUT2D eigenvalue weighted by Gasteiger charge is 2.42. The maximum atomic E-state index is 12.8. The van der Waals surface area contributed by atoms with Crippen molar-refractivity contribution in [2.75, 3.05) is 20.6 Å². The molecule has 1 aliphatic carbocycles. The molecular formula is C18H25N3O2. The topological polar surface area (TPSA) is 53.5 Å². The normalized spacial score (nSPS) is 27.0. The van der Waals surface area contributed by atoms with Crippen LogP contribution in [0.3, 0.4) is 0 Å². The van der Waals surface area contributed by atoms with Gasteiger partial charge in [0.2, 0.25) is 5.91 Å². The monoisotopic (exact) mass is 315 g/mol. The fourth-order valence-electron chi connectivity index (χ4n) is 4.07. The molecule has 0 bridgehead atoms. The van der Waals surface area contributed by atoms with Gasteiger partial charge in [-0.15, -0.1) is 0 Å². The molecule has 23 heavy (non-hydrogen) atoms. The van der Waals surface area contributed by atoms with Crippen molar-refractivity contribution < 1.29 is 9.59 Å². The van der Waals surface area contributed by atoms with Crippen LogP contribution in [0.1, 0.15) is 41.0 Å². The van der Waals surface area contributed by atoms with E-state index < -0.39 is 0 Å². The van der Waals surface area contributed by atoms with E-state index in [0.717, 1.165) is 30.8 Å². The van der Waals surface area contributed by atoms with Gasteiger partial charge in [-0.1, -0.05) is 0 Å². The number of hydrogen-bond acceptors (Lipinski definition) is 3. The molecule has 2 amide bonds. The van der Waals surface area contributed by atoms with E-state index in [9.17, 15) is 9.59 Å². The van der Waals surface area contributed by atoms with Gasteiger partial charge in [-0.05, 0) is 50.7 Å². The van der Waals surface area contributed by atoms with Crippen LogP contribution in [0.5, 0.6) is 0 Å². The highest BCUT2D eigenvalue weighted by Crippen LogP contribution is 2.40. The molecule has 2 fully saturated rings. The fraction of sp³-hybridized carbons (Fsp3) is 0.611. The summed E-state index contributed by atoms with van der Waals surface area (Å²) in [6, 6.07) is 3.98. The van der Waals surface area contributed by atoms with Crippen LogP contribution in [0.2, 0.25) is 0 Å². The van der Waals surface area contributed by atoms with Crippen LogP contribution in [0, 0.1) is 25.7 Å². The third-order valence-corrected chi connectivity index (χ3v) is 5.51. The van der Waals surface area contributed by atoms with Crippen LogP contribution in [-0.2, 0) is 4.79 Å². The van der Waals surface area contributed by atoms with Crippen molar-refractivity contribution in [3.63, 3.8) is 0 Å². The van der Waals surface area contributed by atoms with Crippen LogP contribution >= 0.6 is 0 Å². The van der Waals surface area contributed by atoms with E-state index in [1.807, 2.05) is 49.9 Å². The summed E-state index contributed by atoms with van der Waals surface area (Å²) >= 11 is 0. The molecule has 1 saturated heterocycles. The smallest absolute Gasteiger partial charge is 0.255 e. The van der Waals surface area contributed by atoms with E-state index in [1.54, 1.807) is 0 Å². The van der Waals surface area contributed by atoms with Gasteiger partial charge in [0.05, 0.1) is 11.3 Å². The van der Waals surface area contributed by atoms with Crippen molar-refractivity contribution in [3.05, 3.63) is 29.1 Å². The molecule has 1 aromatic rings. The van der Waals surface area contributed by atoms with Crippen LogP contribution in [0.15, 0.2) is 12.1 Å². The Balaban J connectivity index is 1.72. The number of pyridine rings is 1. The highest BCUT2D eigenvalue weighted by atomic mass is 16.2. The molecule has 0 aromatic carbocycles. The number of aromatic nitrogens is 1. The van der Waals surface area contributed by atoms with Crippen LogP contribution in [-0.4, -0.2) is 53.3 Å². The van der Waals surface area contributed by atoms with Crippen molar-refractivity contribution in [3.8, 4) is 0 Å². The molecule has 1 saturated carbocycles. The second-order valence-corrected chi connectivity index (χ2v) is 7.13. The van der Waals surface area contributed by atoms with Gasteiger partial charge in [0.25, 0.3) is 5.91 Å². The summed E-state index contributed by atoms with van der Waals surface area (Å²) in [5, 5.41) is 0.